The number of anilines is 1. The van der Waals surface area contributed by atoms with Gasteiger partial charge in [0.1, 0.15) is 17.3 Å². The molecule has 234 valence electrons. The van der Waals surface area contributed by atoms with Gasteiger partial charge in [-0.15, -0.1) is 0 Å². The van der Waals surface area contributed by atoms with Gasteiger partial charge in [-0.25, -0.2) is 19.7 Å². The summed E-state index contributed by atoms with van der Waals surface area (Å²) in [6, 6.07) is 24.1. The second kappa shape index (κ2) is 14.1. The Bertz CT molecular complexity index is 1750. The first-order valence-electron chi connectivity index (χ1n) is 14.0. The summed E-state index contributed by atoms with van der Waals surface area (Å²) in [5, 5.41) is 7.12. The molecule has 5 aromatic rings. The summed E-state index contributed by atoms with van der Waals surface area (Å²) in [5.41, 5.74) is 11.6. The third-order valence-corrected chi connectivity index (χ3v) is 6.88. The number of aromatic nitrogens is 4. The van der Waals surface area contributed by atoms with Gasteiger partial charge in [0.25, 0.3) is 0 Å². The lowest BCUT2D eigenvalue weighted by Crippen LogP contribution is -2.21. The molecule has 0 radical (unpaired) electrons. The van der Waals surface area contributed by atoms with E-state index in [0.29, 0.717) is 26.4 Å². The van der Waals surface area contributed by atoms with Crippen LogP contribution in [-0.2, 0) is 22.6 Å². The average molecular weight is 622 g/mol. The number of aromatic amines is 1. The zero-order valence-corrected chi connectivity index (χ0v) is 24.0. The first kappa shape index (κ1) is 31.3. The molecule has 3 heterocycles. The lowest BCUT2D eigenvalue weighted by molar-refractivity contribution is -0.192. The minimum Gasteiger partial charge on any atom is -0.493 e. The van der Waals surface area contributed by atoms with Crippen LogP contribution in [0.1, 0.15) is 29.3 Å². The summed E-state index contributed by atoms with van der Waals surface area (Å²) in [4.78, 5) is 25.6. The average Bonchev–Trinajstić information content (AvgIpc) is 3.46. The molecule has 0 saturated carbocycles. The summed E-state index contributed by atoms with van der Waals surface area (Å²) in [5.74, 6) is 0.214. The van der Waals surface area contributed by atoms with Crippen LogP contribution in [0.2, 0.25) is 0 Å². The number of ether oxygens (including phenoxy) is 3. The smallest absolute Gasteiger partial charge is 0.490 e. The minimum absolute atomic E-state index is 0.0898. The Balaban J connectivity index is 0.000000515. The number of carbonyl (C=O) groups is 1. The van der Waals surface area contributed by atoms with E-state index in [1.165, 1.54) is 5.56 Å². The van der Waals surface area contributed by atoms with E-state index in [1.54, 1.807) is 6.20 Å². The Kier molecular flexibility index (Phi) is 9.78. The fraction of sp³-hybridized carbons (Fsp3) is 0.250. The number of nitrogen functional groups attached to an aromatic ring is 1. The fourth-order valence-electron chi connectivity index (χ4n) is 4.71. The van der Waals surface area contributed by atoms with E-state index in [9.17, 15) is 13.2 Å². The lowest BCUT2D eigenvalue weighted by atomic mass is 9.95. The fourth-order valence-corrected chi connectivity index (χ4v) is 4.71. The van der Waals surface area contributed by atoms with Crippen LogP contribution in [0.15, 0.2) is 79.0 Å². The largest absolute Gasteiger partial charge is 0.493 e. The topological polar surface area (TPSA) is 145 Å². The van der Waals surface area contributed by atoms with Crippen LogP contribution in [0.4, 0.5) is 19.1 Å². The molecular weight excluding hydrogens is 591 g/mol. The molecule has 1 atom stereocenters. The highest BCUT2D eigenvalue weighted by molar-refractivity contribution is 5.81. The van der Waals surface area contributed by atoms with Crippen molar-refractivity contribution in [2.45, 2.75) is 31.5 Å². The molecule has 0 aliphatic carbocycles. The standard InChI is InChI=1S/C30H29N5O3.C2HF3O2/c31-30-32-13-12-24(35-30)21-10-11-25-26(17-21)34-29(33-25)22-16-23-27(8-4-9-28(23)38-19-22)37-15-5-14-36-18-20-6-2-1-3-7-20;3-2(4,5)1(6)7/h1-4,6-13,17,22H,5,14-16,18-19H2,(H,33,34)(H2,31,32,35);(H,6,7). The van der Waals surface area contributed by atoms with Gasteiger partial charge in [0.05, 0.1) is 49.1 Å². The summed E-state index contributed by atoms with van der Waals surface area (Å²) < 4.78 is 49.8. The molecule has 13 heteroatoms. The van der Waals surface area contributed by atoms with E-state index in [0.717, 1.165) is 58.0 Å². The number of nitrogens with one attached hydrogen (secondary N) is 1. The molecule has 0 fully saturated rings. The molecule has 2 aromatic heterocycles. The molecule has 10 nitrogen and oxygen atoms in total. The summed E-state index contributed by atoms with van der Waals surface area (Å²) >= 11 is 0. The van der Waals surface area contributed by atoms with Crippen molar-refractivity contribution in [1.29, 1.82) is 0 Å². The van der Waals surface area contributed by atoms with E-state index >= 15 is 0 Å². The molecule has 0 spiro atoms. The van der Waals surface area contributed by atoms with Crippen LogP contribution in [-0.4, -0.2) is 57.0 Å². The molecule has 1 unspecified atom stereocenters. The Morgan fingerprint density at radius 2 is 1.84 bits per heavy atom. The summed E-state index contributed by atoms with van der Waals surface area (Å²) in [6.07, 6.45) is -1.83. The van der Waals surface area contributed by atoms with Crippen molar-refractivity contribution in [2.24, 2.45) is 0 Å². The second-order valence-corrected chi connectivity index (χ2v) is 10.1. The van der Waals surface area contributed by atoms with Gasteiger partial charge in [0, 0.05) is 23.7 Å². The van der Waals surface area contributed by atoms with E-state index in [2.05, 4.69) is 27.1 Å². The Morgan fingerprint density at radius 1 is 1.04 bits per heavy atom. The quantitative estimate of drug-likeness (QED) is 0.170. The van der Waals surface area contributed by atoms with Crippen LogP contribution >= 0.6 is 0 Å². The number of carboxylic acids is 1. The van der Waals surface area contributed by atoms with Crippen LogP contribution < -0.4 is 15.2 Å². The maximum Gasteiger partial charge on any atom is 0.490 e. The van der Waals surface area contributed by atoms with Crippen molar-refractivity contribution in [3.8, 4) is 22.8 Å². The maximum atomic E-state index is 10.6. The summed E-state index contributed by atoms with van der Waals surface area (Å²) in [7, 11) is 0. The van der Waals surface area contributed by atoms with E-state index < -0.39 is 12.1 Å². The number of fused-ring (bicyclic) bond motifs is 2. The number of rotatable bonds is 9. The van der Waals surface area contributed by atoms with Crippen molar-refractivity contribution in [1.82, 2.24) is 19.9 Å². The number of alkyl halides is 3. The molecule has 1 aliphatic rings. The molecule has 3 aromatic carbocycles. The second-order valence-electron chi connectivity index (χ2n) is 10.1. The zero-order valence-electron chi connectivity index (χ0n) is 24.0. The van der Waals surface area contributed by atoms with E-state index in [-0.39, 0.29) is 11.9 Å². The third-order valence-electron chi connectivity index (χ3n) is 6.88. The number of aliphatic carboxylic acids is 1. The third kappa shape index (κ3) is 8.26. The normalized spacial score (nSPS) is 14.2. The summed E-state index contributed by atoms with van der Waals surface area (Å²) in [6.45, 7) is 2.39. The molecule has 6 rings (SSSR count). The number of benzene rings is 3. The molecule has 0 amide bonds. The van der Waals surface area contributed by atoms with Crippen LogP contribution in [0.25, 0.3) is 22.3 Å². The molecule has 0 saturated heterocycles. The number of imidazole rings is 1. The first-order valence-corrected chi connectivity index (χ1v) is 14.0. The van der Waals surface area contributed by atoms with Crippen molar-refractivity contribution >= 4 is 23.0 Å². The van der Waals surface area contributed by atoms with Gasteiger partial charge in [-0.3, -0.25) is 0 Å². The van der Waals surface area contributed by atoms with E-state index in [4.69, 9.17) is 34.8 Å². The van der Waals surface area contributed by atoms with Crippen LogP contribution in [0.5, 0.6) is 11.5 Å². The number of H-pyrrole nitrogens is 1. The van der Waals surface area contributed by atoms with Gasteiger partial charge in [-0.1, -0.05) is 42.5 Å². The van der Waals surface area contributed by atoms with Crippen LogP contribution in [0.3, 0.4) is 0 Å². The lowest BCUT2D eigenvalue weighted by Gasteiger charge is -2.25. The number of nitrogens with zero attached hydrogens (tertiary/aromatic N) is 3. The Morgan fingerprint density at radius 3 is 2.60 bits per heavy atom. The number of halogens is 3. The number of carboxylic acid groups (broad SMARTS) is 1. The minimum atomic E-state index is -5.08. The highest BCUT2D eigenvalue weighted by atomic mass is 19.4. The van der Waals surface area contributed by atoms with Crippen LogP contribution in [0, 0.1) is 0 Å². The Hall–Kier alpha value is -5.17. The maximum absolute atomic E-state index is 10.6. The van der Waals surface area contributed by atoms with Crippen molar-refractivity contribution in [3.05, 3.63) is 95.9 Å². The predicted molar refractivity (Wildman–Crippen MR) is 160 cm³/mol. The molecular formula is C32H30F3N5O5. The molecule has 1 aliphatic heterocycles. The first-order chi connectivity index (χ1) is 21.7. The number of hydrogen-bond acceptors (Lipinski definition) is 8. The van der Waals surface area contributed by atoms with Gasteiger partial charge < -0.3 is 30.0 Å². The van der Waals surface area contributed by atoms with E-state index in [1.807, 2.05) is 60.7 Å². The van der Waals surface area contributed by atoms with Gasteiger partial charge in [0.2, 0.25) is 5.95 Å². The number of nitrogens with two attached hydrogens (primary N) is 1. The predicted octanol–water partition coefficient (Wildman–Crippen LogP) is 5.94. The SMILES string of the molecule is Nc1nccc(-c2ccc3nc(C4COc5cccc(OCCCOCc6ccccc6)c5C4)[nH]c3c2)n1.O=C(O)C(F)(F)F. The molecule has 4 N–H and O–H groups in total. The molecule has 45 heavy (non-hydrogen) atoms. The van der Waals surface area contributed by atoms with Gasteiger partial charge in [0.15, 0.2) is 0 Å². The van der Waals surface area contributed by atoms with Crippen molar-refractivity contribution in [3.63, 3.8) is 0 Å². The van der Waals surface area contributed by atoms with Crippen molar-refractivity contribution in [2.75, 3.05) is 25.6 Å². The van der Waals surface area contributed by atoms with Gasteiger partial charge in [-0.2, -0.15) is 13.2 Å². The monoisotopic (exact) mass is 621 g/mol. The van der Waals surface area contributed by atoms with Gasteiger partial charge >= 0.3 is 12.1 Å². The zero-order chi connectivity index (χ0) is 31.8. The number of hydrogen-bond donors (Lipinski definition) is 3. The van der Waals surface area contributed by atoms with Gasteiger partial charge in [-0.05, 0) is 42.3 Å². The Labute approximate surface area is 256 Å². The highest BCUT2D eigenvalue weighted by Crippen LogP contribution is 2.38. The van der Waals surface area contributed by atoms with Crippen molar-refractivity contribution < 1.29 is 37.3 Å². The highest BCUT2D eigenvalue weighted by Gasteiger charge is 2.38. The molecule has 0 bridgehead atoms.